The minimum atomic E-state index is -3.88. The van der Waals surface area contributed by atoms with E-state index in [1.54, 1.807) is 66.7 Å². The van der Waals surface area contributed by atoms with Crippen LogP contribution < -0.4 is 19.5 Å². The van der Waals surface area contributed by atoms with Crippen LogP contribution in [0.5, 0.6) is 5.75 Å². The third-order valence-electron chi connectivity index (χ3n) is 9.79. The monoisotopic (exact) mass is 789 g/mol. The molecule has 0 unspecified atom stereocenters. The van der Waals surface area contributed by atoms with E-state index in [0.717, 1.165) is 29.5 Å². The predicted octanol–water partition coefficient (Wildman–Crippen LogP) is 12.7. The van der Waals surface area contributed by atoms with E-state index in [1.807, 2.05) is 45.9 Å². The minimum absolute atomic E-state index is 0.0265. The Morgan fingerprint density at radius 1 is 0.527 bits per heavy atom. The van der Waals surface area contributed by atoms with E-state index in [9.17, 15) is 16.8 Å². The Morgan fingerprint density at radius 2 is 1.04 bits per heavy atom. The van der Waals surface area contributed by atoms with Crippen molar-refractivity contribution in [3.8, 4) is 5.75 Å². The van der Waals surface area contributed by atoms with Crippen LogP contribution >= 0.6 is 0 Å². The first kappa shape index (κ1) is 43.7. The third kappa shape index (κ3) is 13.3. The van der Waals surface area contributed by atoms with Crippen molar-refractivity contribution in [1.82, 2.24) is 0 Å². The number of sulfonamides is 2. The molecule has 0 aliphatic rings. The molecule has 0 atom stereocenters. The lowest BCUT2D eigenvalue weighted by molar-refractivity contribution is 0.304. The summed E-state index contributed by atoms with van der Waals surface area (Å²) in [6.07, 6.45) is 12.6. The quantitative estimate of drug-likeness (QED) is 0.0645. The van der Waals surface area contributed by atoms with Gasteiger partial charge in [-0.15, -0.1) is 0 Å². The topological polar surface area (TPSA) is 114 Å². The van der Waals surface area contributed by atoms with Gasteiger partial charge >= 0.3 is 0 Å². The lowest BCUT2D eigenvalue weighted by Crippen LogP contribution is -2.19. The molecule has 4 rings (SSSR count). The van der Waals surface area contributed by atoms with Gasteiger partial charge in [-0.1, -0.05) is 124 Å². The zero-order valence-electron chi connectivity index (χ0n) is 34.0. The highest BCUT2D eigenvalue weighted by atomic mass is 32.2. The number of anilines is 4. The summed E-state index contributed by atoms with van der Waals surface area (Å²) in [5.74, 6) is 0.986. The lowest BCUT2D eigenvalue weighted by atomic mass is 9.89. The van der Waals surface area contributed by atoms with Crippen molar-refractivity contribution in [3.63, 3.8) is 0 Å². The van der Waals surface area contributed by atoms with Gasteiger partial charge in [0.05, 0.1) is 22.1 Å². The van der Waals surface area contributed by atoms with Crippen LogP contribution in [-0.4, -0.2) is 23.4 Å². The molecule has 0 spiro atoms. The van der Waals surface area contributed by atoms with E-state index in [0.29, 0.717) is 40.0 Å². The fourth-order valence-corrected chi connectivity index (χ4v) is 9.37. The highest BCUT2D eigenvalue weighted by Crippen LogP contribution is 2.36. The second-order valence-corrected chi connectivity index (χ2v) is 18.8. The average Bonchev–Trinajstić information content (AvgIpc) is 3.14. The lowest BCUT2D eigenvalue weighted by Gasteiger charge is -2.23. The molecule has 0 radical (unpaired) electrons. The van der Waals surface area contributed by atoms with Crippen LogP contribution in [0, 0.1) is 0 Å². The summed E-state index contributed by atoms with van der Waals surface area (Å²) in [6.45, 7) is 15.2. The number of benzene rings is 4. The Labute approximate surface area is 332 Å². The van der Waals surface area contributed by atoms with Crippen LogP contribution in [0.1, 0.15) is 147 Å². The van der Waals surface area contributed by atoms with Crippen molar-refractivity contribution in [2.24, 2.45) is 0 Å². The van der Waals surface area contributed by atoms with Gasteiger partial charge in [0.25, 0.3) is 20.0 Å². The molecule has 0 fully saturated rings. The molecule has 0 saturated carbocycles. The van der Waals surface area contributed by atoms with E-state index >= 15 is 0 Å². The Kier molecular flexibility index (Phi) is 16.5. The van der Waals surface area contributed by atoms with Gasteiger partial charge in [0.1, 0.15) is 5.75 Å². The summed E-state index contributed by atoms with van der Waals surface area (Å²) in [7, 11) is -7.72. The SMILES string of the molecule is CCCCCCCCCCCCOc1ccc(S(=O)(=O)Nc2cccc(Nc3ccc(NS(=O)(=O)c4c(C(C)C)cc(C(C)C)cc4C(C)C)cc3)c2)cc1. The summed E-state index contributed by atoms with van der Waals surface area (Å²) >= 11 is 0. The van der Waals surface area contributed by atoms with Gasteiger partial charge in [-0.3, -0.25) is 9.44 Å². The third-order valence-corrected chi connectivity index (χ3v) is 12.7. The molecule has 3 N–H and O–H groups in total. The predicted molar refractivity (Wildman–Crippen MR) is 230 cm³/mol. The molecule has 0 bridgehead atoms. The van der Waals surface area contributed by atoms with Crippen molar-refractivity contribution in [2.75, 3.05) is 21.4 Å². The average molecular weight is 790 g/mol. The summed E-state index contributed by atoms with van der Waals surface area (Å²) in [5, 5.41) is 3.28. The van der Waals surface area contributed by atoms with Crippen LogP contribution in [0.3, 0.4) is 0 Å². The Bertz CT molecular complexity index is 1980. The second kappa shape index (κ2) is 20.8. The number of hydrogen-bond donors (Lipinski definition) is 3. The highest BCUT2D eigenvalue weighted by Gasteiger charge is 2.27. The Hall–Kier alpha value is -4.02. The number of rotatable bonds is 23. The highest BCUT2D eigenvalue weighted by molar-refractivity contribution is 7.93. The maximum atomic E-state index is 13.9. The molecule has 0 aliphatic heterocycles. The molecular formula is C45H63N3O5S2. The van der Waals surface area contributed by atoms with Gasteiger partial charge in [-0.05, 0) is 108 Å². The molecule has 0 aliphatic carbocycles. The number of unbranched alkanes of at least 4 members (excludes halogenated alkanes) is 9. The molecule has 4 aromatic carbocycles. The maximum absolute atomic E-state index is 13.9. The minimum Gasteiger partial charge on any atom is -0.494 e. The number of nitrogens with one attached hydrogen (secondary N) is 3. The van der Waals surface area contributed by atoms with Crippen LogP contribution in [0.25, 0.3) is 0 Å². The number of hydrogen-bond acceptors (Lipinski definition) is 6. The molecule has 0 saturated heterocycles. The van der Waals surface area contributed by atoms with Crippen molar-refractivity contribution in [2.45, 2.75) is 140 Å². The Morgan fingerprint density at radius 3 is 1.58 bits per heavy atom. The normalized spacial score (nSPS) is 12.0. The summed E-state index contributed by atoms with van der Waals surface area (Å²) in [6, 6.07) is 24.5. The van der Waals surface area contributed by atoms with E-state index in [1.165, 1.54) is 51.4 Å². The van der Waals surface area contributed by atoms with Crippen molar-refractivity contribution in [3.05, 3.63) is 102 Å². The van der Waals surface area contributed by atoms with Gasteiger partial charge in [0.2, 0.25) is 0 Å². The maximum Gasteiger partial charge on any atom is 0.262 e. The number of ether oxygens (including phenoxy) is 1. The fraction of sp³-hybridized carbons (Fsp3) is 0.467. The molecule has 0 aromatic heterocycles. The zero-order valence-corrected chi connectivity index (χ0v) is 35.6. The first-order valence-corrected chi connectivity index (χ1v) is 23.1. The van der Waals surface area contributed by atoms with Crippen molar-refractivity contribution in [1.29, 1.82) is 0 Å². The summed E-state index contributed by atoms with van der Waals surface area (Å²) in [5.41, 5.74) is 4.99. The van der Waals surface area contributed by atoms with E-state index in [4.69, 9.17) is 4.74 Å². The zero-order chi connectivity index (χ0) is 40.0. The smallest absolute Gasteiger partial charge is 0.262 e. The fourth-order valence-electron chi connectivity index (χ4n) is 6.56. The standard InChI is InChI=1S/C45H63N3O5S2/c1-8-9-10-11-12-13-14-15-16-17-29-53-41-25-27-42(28-26-41)54(49,50)48-40-20-18-19-39(32-40)46-37-21-23-38(24-22-37)47-55(51,52)45-43(34(4)5)30-36(33(2)3)31-44(45)35(6)7/h18-28,30-35,46-48H,8-17,29H2,1-7H3. The van der Waals surface area contributed by atoms with Gasteiger partial charge in [0, 0.05) is 17.1 Å². The van der Waals surface area contributed by atoms with Crippen molar-refractivity contribution < 1.29 is 21.6 Å². The van der Waals surface area contributed by atoms with Crippen LogP contribution in [0.15, 0.2) is 94.7 Å². The van der Waals surface area contributed by atoms with E-state index in [-0.39, 0.29) is 22.6 Å². The van der Waals surface area contributed by atoms with E-state index in [2.05, 4.69) is 35.5 Å². The summed E-state index contributed by atoms with van der Waals surface area (Å²) < 4.78 is 65.6. The van der Waals surface area contributed by atoms with Gasteiger partial charge in [-0.25, -0.2) is 16.8 Å². The van der Waals surface area contributed by atoms with Crippen molar-refractivity contribution >= 4 is 42.8 Å². The first-order valence-electron chi connectivity index (χ1n) is 20.1. The molecule has 55 heavy (non-hydrogen) atoms. The second-order valence-electron chi connectivity index (χ2n) is 15.5. The largest absolute Gasteiger partial charge is 0.494 e. The van der Waals surface area contributed by atoms with Crippen LogP contribution in [0.4, 0.5) is 22.7 Å². The van der Waals surface area contributed by atoms with Crippen LogP contribution in [0.2, 0.25) is 0 Å². The molecule has 0 heterocycles. The van der Waals surface area contributed by atoms with Gasteiger partial charge in [-0.2, -0.15) is 0 Å². The van der Waals surface area contributed by atoms with E-state index < -0.39 is 20.0 Å². The Balaban J connectivity index is 1.32. The molecular weight excluding hydrogens is 727 g/mol. The van der Waals surface area contributed by atoms with Crippen LogP contribution in [-0.2, 0) is 20.0 Å². The molecule has 300 valence electrons. The van der Waals surface area contributed by atoms with Gasteiger partial charge < -0.3 is 10.1 Å². The molecule has 8 nitrogen and oxygen atoms in total. The molecule has 4 aromatic rings. The molecule has 0 amide bonds. The van der Waals surface area contributed by atoms with Gasteiger partial charge in [0.15, 0.2) is 0 Å². The summed E-state index contributed by atoms with van der Waals surface area (Å²) in [4.78, 5) is 0.499. The first-order chi connectivity index (χ1) is 26.2. The molecule has 10 heteroatoms.